The molecule has 4 heteroatoms. The highest BCUT2D eigenvalue weighted by Crippen LogP contribution is 2.39. The van der Waals surface area contributed by atoms with E-state index in [2.05, 4.69) is 37.3 Å². The van der Waals surface area contributed by atoms with Gasteiger partial charge in [0.1, 0.15) is 6.10 Å². The van der Waals surface area contributed by atoms with Gasteiger partial charge in [-0.05, 0) is 30.7 Å². The highest BCUT2D eigenvalue weighted by Gasteiger charge is 2.11. The SMILES string of the molecule is CCCC(CC=C(Sc1ccccc1)Sc1ccccc1)OC(C)=O. The van der Waals surface area contributed by atoms with Crippen LogP contribution >= 0.6 is 23.5 Å². The second-order valence-electron chi connectivity index (χ2n) is 5.61. The first-order valence-electron chi connectivity index (χ1n) is 8.50. The summed E-state index contributed by atoms with van der Waals surface area (Å²) in [6.45, 7) is 3.59. The van der Waals surface area contributed by atoms with Crippen LogP contribution in [0.5, 0.6) is 0 Å². The minimum atomic E-state index is -0.208. The van der Waals surface area contributed by atoms with E-state index in [0.29, 0.717) is 0 Å². The van der Waals surface area contributed by atoms with E-state index in [0.717, 1.165) is 19.3 Å². The van der Waals surface area contributed by atoms with E-state index in [9.17, 15) is 4.79 Å². The number of esters is 1. The summed E-state index contributed by atoms with van der Waals surface area (Å²) in [4.78, 5) is 13.7. The summed E-state index contributed by atoms with van der Waals surface area (Å²) in [5.41, 5.74) is 0. The Morgan fingerprint density at radius 1 is 1.00 bits per heavy atom. The first-order valence-corrected chi connectivity index (χ1v) is 10.1. The van der Waals surface area contributed by atoms with Crippen molar-refractivity contribution in [2.45, 2.75) is 49.0 Å². The number of hydrogen-bond donors (Lipinski definition) is 0. The maximum atomic E-state index is 11.3. The van der Waals surface area contributed by atoms with Crippen LogP contribution in [0.3, 0.4) is 0 Å². The molecule has 2 aromatic carbocycles. The van der Waals surface area contributed by atoms with Crippen molar-refractivity contribution in [3.8, 4) is 0 Å². The van der Waals surface area contributed by atoms with Crippen LogP contribution in [-0.4, -0.2) is 12.1 Å². The molecule has 1 unspecified atom stereocenters. The number of benzene rings is 2. The van der Waals surface area contributed by atoms with E-state index in [1.54, 1.807) is 23.5 Å². The Balaban J connectivity index is 2.12. The quantitative estimate of drug-likeness (QED) is 0.369. The van der Waals surface area contributed by atoms with Crippen LogP contribution in [0, 0.1) is 0 Å². The molecule has 0 saturated heterocycles. The summed E-state index contributed by atoms with van der Waals surface area (Å²) in [6.07, 6.45) is 4.76. The first kappa shape index (κ1) is 19.7. The molecule has 0 aromatic heterocycles. The molecule has 0 aliphatic heterocycles. The molecule has 0 bridgehead atoms. The van der Waals surface area contributed by atoms with E-state index >= 15 is 0 Å². The molecule has 0 spiro atoms. The van der Waals surface area contributed by atoms with Crippen LogP contribution in [0.15, 0.2) is 80.8 Å². The Kier molecular flexibility index (Phi) is 8.70. The molecule has 0 amide bonds. The molecular weight excluding hydrogens is 348 g/mol. The summed E-state index contributed by atoms with van der Waals surface area (Å²) in [6, 6.07) is 20.7. The van der Waals surface area contributed by atoms with Gasteiger partial charge in [0.25, 0.3) is 0 Å². The fraction of sp³-hybridized carbons (Fsp3) is 0.286. The molecule has 0 aliphatic carbocycles. The van der Waals surface area contributed by atoms with Gasteiger partial charge >= 0.3 is 5.97 Å². The zero-order chi connectivity index (χ0) is 17.9. The van der Waals surface area contributed by atoms with Gasteiger partial charge in [0, 0.05) is 27.4 Å². The number of hydrogen-bond acceptors (Lipinski definition) is 4. The molecule has 0 saturated carbocycles. The number of thioether (sulfide) groups is 2. The third-order valence-corrected chi connectivity index (χ3v) is 5.67. The third-order valence-electron chi connectivity index (χ3n) is 3.41. The molecule has 0 N–H and O–H groups in total. The topological polar surface area (TPSA) is 26.3 Å². The maximum Gasteiger partial charge on any atom is 0.302 e. The van der Waals surface area contributed by atoms with Crippen LogP contribution < -0.4 is 0 Å². The number of carbonyl (C=O) groups is 1. The Hall–Kier alpha value is -1.65. The average Bonchev–Trinajstić information content (AvgIpc) is 2.61. The van der Waals surface area contributed by atoms with Gasteiger partial charge in [0.15, 0.2) is 0 Å². The Labute approximate surface area is 159 Å². The van der Waals surface area contributed by atoms with Crippen molar-refractivity contribution < 1.29 is 9.53 Å². The zero-order valence-electron chi connectivity index (χ0n) is 14.7. The van der Waals surface area contributed by atoms with E-state index in [-0.39, 0.29) is 12.1 Å². The van der Waals surface area contributed by atoms with Crippen molar-refractivity contribution in [1.29, 1.82) is 0 Å². The fourth-order valence-electron chi connectivity index (χ4n) is 2.32. The molecule has 0 aliphatic rings. The minimum absolute atomic E-state index is 0.0507. The number of ether oxygens (including phenoxy) is 1. The molecule has 0 fully saturated rings. The first-order chi connectivity index (χ1) is 12.2. The average molecular weight is 373 g/mol. The highest BCUT2D eigenvalue weighted by atomic mass is 32.2. The summed E-state index contributed by atoms with van der Waals surface area (Å²) < 4.78 is 6.64. The van der Waals surface area contributed by atoms with E-state index in [1.165, 1.54) is 21.0 Å². The maximum absolute atomic E-state index is 11.3. The van der Waals surface area contributed by atoms with E-state index in [4.69, 9.17) is 4.74 Å². The van der Waals surface area contributed by atoms with Crippen LogP contribution in [0.2, 0.25) is 0 Å². The number of carbonyl (C=O) groups excluding carboxylic acids is 1. The monoisotopic (exact) mass is 372 g/mol. The lowest BCUT2D eigenvalue weighted by Gasteiger charge is -2.15. The lowest BCUT2D eigenvalue weighted by molar-refractivity contribution is -0.146. The molecule has 1 atom stereocenters. The molecule has 25 heavy (non-hydrogen) atoms. The van der Waals surface area contributed by atoms with Crippen molar-refractivity contribution in [3.05, 3.63) is 71.0 Å². The largest absolute Gasteiger partial charge is 0.462 e. The van der Waals surface area contributed by atoms with Crippen molar-refractivity contribution in [2.24, 2.45) is 0 Å². The third kappa shape index (κ3) is 7.84. The summed E-state index contributed by atoms with van der Waals surface area (Å²) in [5.74, 6) is -0.208. The summed E-state index contributed by atoms with van der Waals surface area (Å²) >= 11 is 3.49. The van der Waals surface area contributed by atoms with Crippen LogP contribution in [0.4, 0.5) is 0 Å². The normalized spacial score (nSPS) is 11.6. The van der Waals surface area contributed by atoms with Crippen molar-refractivity contribution in [1.82, 2.24) is 0 Å². The predicted octanol–water partition coefficient (Wildman–Crippen LogP) is 6.53. The fourth-order valence-corrected chi connectivity index (χ4v) is 4.48. The lowest BCUT2D eigenvalue weighted by Crippen LogP contribution is -2.15. The minimum Gasteiger partial charge on any atom is -0.462 e. The predicted molar refractivity (Wildman–Crippen MR) is 108 cm³/mol. The van der Waals surface area contributed by atoms with Crippen LogP contribution in [0.1, 0.15) is 33.1 Å². The second kappa shape index (κ2) is 11.1. The summed E-state index contributed by atoms with van der Waals surface area (Å²) in [5, 5.41) is 0. The molecule has 2 nitrogen and oxygen atoms in total. The second-order valence-corrected chi connectivity index (χ2v) is 8.10. The molecular formula is C21H24O2S2. The van der Waals surface area contributed by atoms with Crippen molar-refractivity contribution in [3.63, 3.8) is 0 Å². The van der Waals surface area contributed by atoms with E-state index in [1.807, 2.05) is 36.4 Å². The van der Waals surface area contributed by atoms with Gasteiger partial charge in [0.05, 0.1) is 0 Å². The van der Waals surface area contributed by atoms with Crippen LogP contribution in [-0.2, 0) is 9.53 Å². The highest BCUT2D eigenvalue weighted by molar-refractivity contribution is 8.22. The molecule has 2 rings (SSSR count). The zero-order valence-corrected chi connectivity index (χ0v) is 16.3. The molecule has 132 valence electrons. The summed E-state index contributed by atoms with van der Waals surface area (Å²) in [7, 11) is 0. The molecule has 2 aromatic rings. The van der Waals surface area contributed by atoms with Gasteiger partial charge < -0.3 is 4.74 Å². The van der Waals surface area contributed by atoms with Gasteiger partial charge in [-0.25, -0.2) is 0 Å². The van der Waals surface area contributed by atoms with Crippen molar-refractivity contribution >= 4 is 29.5 Å². The van der Waals surface area contributed by atoms with Gasteiger partial charge in [-0.1, -0.05) is 79.3 Å². The molecule has 0 radical (unpaired) electrons. The van der Waals surface area contributed by atoms with Gasteiger partial charge in [0.2, 0.25) is 0 Å². The standard InChI is InChI=1S/C21H24O2S2/c1-3-10-18(23-17(2)22)15-16-21(24-19-11-6-4-7-12-19)25-20-13-8-5-9-14-20/h4-9,11-14,16,18H,3,10,15H2,1-2H3. The smallest absolute Gasteiger partial charge is 0.302 e. The van der Waals surface area contributed by atoms with E-state index < -0.39 is 0 Å². The van der Waals surface area contributed by atoms with Crippen molar-refractivity contribution in [2.75, 3.05) is 0 Å². The molecule has 0 heterocycles. The lowest BCUT2D eigenvalue weighted by atomic mass is 10.1. The Morgan fingerprint density at radius 2 is 1.52 bits per heavy atom. The van der Waals surface area contributed by atoms with Crippen LogP contribution in [0.25, 0.3) is 0 Å². The van der Waals surface area contributed by atoms with Gasteiger partial charge in [-0.15, -0.1) is 0 Å². The Morgan fingerprint density at radius 3 is 1.96 bits per heavy atom. The number of rotatable bonds is 9. The van der Waals surface area contributed by atoms with Gasteiger partial charge in [-0.3, -0.25) is 4.79 Å². The van der Waals surface area contributed by atoms with Gasteiger partial charge in [-0.2, -0.15) is 0 Å². The Bertz CT molecular complexity index is 625.